The molecule has 0 saturated carbocycles. The van der Waals surface area contributed by atoms with Crippen molar-refractivity contribution in [3.8, 4) is 5.75 Å². The fourth-order valence-electron chi connectivity index (χ4n) is 2.25. The second-order valence-electron chi connectivity index (χ2n) is 5.12. The maximum absolute atomic E-state index is 5.86. The molecule has 19 heavy (non-hydrogen) atoms. The molecule has 1 rings (SSSR count). The van der Waals surface area contributed by atoms with E-state index in [9.17, 15) is 0 Å². The lowest BCUT2D eigenvalue weighted by molar-refractivity contribution is 0.301. The van der Waals surface area contributed by atoms with E-state index in [0.29, 0.717) is 6.54 Å². The zero-order valence-corrected chi connectivity index (χ0v) is 12.4. The van der Waals surface area contributed by atoms with Crippen LogP contribution in [0.15, 0.2) is 24.3 Å². The Balaban J connectivity index is 2.12. The minimum Gasteiger partial charge on any atom is -0.493 e. The average molecular weight is 263 g/mol. The molecule has 0 amide bonds. The summed E-state index contributed by atoms with van der Waals surface area (Å²) in [5.74, 6) is 1.01. The van der Waals surface area contributed by atoms with Crippen LogP contribution in [0.2, 0.25) is 0 Å². The summed E-state index contributed by atoms with van der Waals surface area (Å²) < 4.78 is 5.86. The van der Waals surface area contributed by atoms with E-state index in [0.717, 1.165) is 25.2 Å². The summed E-state index contributed by atoms with van der Waals surface area (Å²) in [7, 11) is 0. The minimum atomic E-state index is 0.678. The quantitative estimate of drug-likeness (QED) is 0.604. The maximum atomic E-state index is 5.86. The molecule has 0 atom stereocenters. The molecule has 0 bridgehead atoms. The zero-order valence-electron chi connectivity index (χ0n) is 12.4. The van der Waals surface area contributed by atoms with Crippen molar-refractivity contribution in [1.82, 2.24) is 0 Å². The third-order valence-electron chi connectivity index (χ3n) is 3.39. The molecule has 0 aliphatic heterocycles. The van der Waals surface area contributed by atoms with E-state index < -0.39 is 0 Å². The molecule has 0 saturated heterocycles. The highest BCUT2D eigenvalue weighted by atomic mass is 16.5. The number of ether oxygens (including phenoxy) is 1. The fourth-order valence-corrected chi connectivity index (χ4v) is 2.25. The molecule has 1 aromatic rings. The molecule has 0 aliphatic rings. The monoisotopic (exact) mass is 263 g/mol. The number of unbranched alkanes of at least 4 members (excludes halogenated alkanes) is 6. The number of benzene rings is 1. The summed E-state index contributed by atoms with van der Waals surface area (Å²) in [6.07, 6.45) is 10.1. The van der Waals surface area contributed by atoms with E-state index >= 15 is 0 Å². The van der Waals surface area contributed by atoms with E-state index in [1.54, 1.807) is 0 Å². The third kappa shape index (κ3) is 7.22. The molecule has 0 aromatic heterocycles. The summed E-state index contributed by atoms with van der Waals surface area (Å²) in [6, 6.07) is 8.23. The molecule has 0 spiro atoms. The Morgan fingerprint density at radius 1 is 0.947 bits per heavy atom. The molecular weight excluding hydrogens is 234 g/mol. The first-order valence-corrected chi connectivity index (χ1v) is 7.79. The summed E-state index contributed by atoms with van der Waals surface area (Å²) in [5.41, 5.74) is 6.84. The first-order valence-electron chi connectivity index (χ1n) is 7.79. The number of para-hydroxylation sites is 1. The van der Waals surface area contributed by atoms with Gasteiger partial charge in [-0.2, -0.15) is 0 Å². The van der Waals surface area contributed by atoms with Crippen molar-refractivity contribution in [1.29, 1.82) is 0 Å². The van der Waals surface area contributed by atoms with Crippen LogP contribution in [0.3, 0.4) is 0 Å². The molecule has 0 heterocycles. The first kappa shape index (κ1) is 16.0. The van der Waals surface area contributed by atoms with Crippen LogP contribution in [-0.4, -0.2) is 13.2 Å². The van der Waals surface area contributed by atoms with Crippen LogP contribution in [0.5, 0.6) is 5.75 Å². The highest BCUT2D eigenvalue weighted by molar-refractivity contribution is 5.33. The number of rotatable bonds is 11. The van der Waals surface area contributed by atoms with Crippen LogP contribution >= 0.6 is 0 Å². The lowest BCUT2D eigenvalue weighted by atomic mass is 10.1. The van der Waals surface area contributed by atoms with Crippen LogP contribution in [-0.2, 0) is 6.42 Å². The predicted octanol–water partition coefficient (Wildman–Crippen LogP) is 4.32. The maximum Gasteiger partial charge on any atom is 0.122 e. The van der Waals surface area contributed by atoms with Gasteiger partial charge < -0.3 is 10.5 Å². The van der Waals surface area contributed by atoms with Gasteiger partial charge in [0.05, 0.1) is 6.61 Å². The highest BCUT2D eigenvalue weighted by Crippen LogP contribution is 2.18. The molecule has 108 valence electrons. The Hall–Kier alpha value is -1.02. The third-order valence-corrected chi connectivity index (χ3v) is 3.39. The van der Waals surface area contributed by atoms with Gasteiger partial charge in [-0.3, -0.25) is 0 Å². The van der Waals surface area contributed by atoms with Gasteiger partial charge in [0.25, 0.3) is 0 Å². The standard InChI is InChI=1S/C17H29NO/c1-2-3-4-5-6-7-10-15-19-17-12-9-8-11-16(17)13-14-18/h8-9,11-12H,2-7,10,13-15,18H2,1H3. The molecule has 0 radical (unpaired) electrons. The van der Waals surface area contributed by atoms with Crippen LogP contribution in [0.1, 0.15) is 57.4 Å². The predicted molar refractivity (Wildman–Crippen MR) is 82.7 cm³/mol. The van der Waals surface area contributed by atoms with Gasteiger partial charge >= 0.3 is 0 Å². The summed E-state index contributed by atoms with van der Waals surface area (Å²) in [6.45, 7) is 3.76. The van der Waals surface area contributed by atoms with Crippen LogP contribution in [0.25, 0.3) is 0 Å². The van der Waals surface area contributed by atoms with Crippen LogP contribution < -0.4 is 10.5 Å². The van der Waals surface area contributed by atoms with Crippen molar-refractivity contribution < 1.29 is 4.74 Å². The molecule has 2 N–H and O–H groups in total. The minimum absolute atomic E-state index is 0.678. The van der Waals surface area contributed by atoms with Crippen LogP contribution in [0.4, 0.5) is 0 Å². The highest BCUT2D eigenvalue weighted by Gasteiger charge is 2.01. The molecule has 2 heteroatoms. The van der Waals surface area contributed by atoms with Gasteiger partial charge in [-0.1, -0.05) is 63.6 Å². The number of nitrogens with two attached hydrogens (primary N) is 1. The van der Waals surface area contributed by atoms with E-state index in [1.165, 1.54) is 44.1 Å². The normalized spacial score (nSPS) is 10.6. The smallest absolute Gasteiger partial charge is 0.122 e. The van der Waals surface area contributed by atoms with Gasteiger partial charge in [-0.15, -0.1) is 0 Å². The van der Waals surface area contributed by atoms with Crippen molar-refractivity contribution >= 4 is 0 Å². The zero-order chi connectivity index (χ0) is 13.8. The van der Waals surface area contributed by atoms with Gasteiger partial charge in [-0.25, -0.2) is 0 Å². The van der Waals surface area contributed by atoms with Crippen molar-refractivity contribution in [3.05, 3.63) is 29.8 Å². The summed E-state index contributed by atoms with van der Waals surface area (Å²) in [5, 5.41) is 0. The Morgan fingerprint density at radius 2 is 1.63 bits per heavy atom. The molecule has 0 fully saturated rings. The lowest BCUT2D eigenvalue weighted by Crippen LogP contribution is -2.06. The van der Waals surface area contributed by atoms with Gasteiger partial charge in [-0.05, 0) is 31.0 Å². The average Bonchev–Trinajstić information content (AvgIpc) is 2.44. The Kier molecular flexibility index (Phi) is 9.17. The van der Waals surface area contributed by atoms with Crippen molar-refractivity contribution in [3.63, 3.8) is 0 Å². The topological polar surface area (TPSA) is 35.2 Å². The number of hydrogen-bond acceptors (Lipinski definition) is 2. The largest absolute Gasteiger partial charge is 0.493 e. The van der Waals surface area contributed by atoms with Gasteiger partial charge in [0.2, 0.25) is 0 Å². The molecule has 2 nitrogen and oxygen atoms in total. The van der Waals surface area contributed by atoms with Crippen molar-refractivity contribution in [2.24, 2.45) is 5.73 Å². The summed E-state index contributed by atoms with van der Waals surface area (Å²) in [4.78, 5) is 0. The SMILES string of the molecule is CCCCCCCCCOc1ccccc1CCN. The van der Waals surface area contributed by atoms with Gasteiger partial charge in [0, 0.05) is 0 Å². The lowest BCUT2D eigenvalue weighted by Gasteiger charge is -2.10. The van der Waals surface area contributed by atoms with E-state index in [1.807, 2.05) is 18.2 Å². The molecule has 0 unspecified atom stereocenters. The Labute approximate surface area is 118 Å². The summed E-state index contributed by atoms with van der Waals surface area (Å²) >= 11 is 0. The van der Waals surface area contributed by atoms with E-state index in [4.69, 9.17) is 10.5 Å². The first-order chi connectivity index (χ1) is 9.38. The van der Waals surface area contributed by atoms with Crippen LogP contribution in [0, 0.1) is 0 Å². The second-order valence-corrected chi connectivity index (χ2v) is 5.12. The molecular formula is C17H29NO. The van der Waals surface area contributed by atoms with Gasteiger partial charge in [0.1, 0.15) is 5.75 Å². The number of hydrogen-bond donors (Lipinski definition) is 1. The molecule has 0 aliphatic carbocycles. The molecule has 1 aromatic carbocycles. The van der Waals surface area contributed by atoms with E-state index in [2.05, 4.69) is 13.0 Å². The Morgan fingerprint density at radius 3 is 2.37 bits per heavy atom. The van der Waals surface area contributed by atoms with Crippen molar-refractivity contribution in [2.75, 3.05) is 13.2 Å². The van der Waals surface area contributed by atoms with Gasteiger partial charge in [0.15, 0.2) is 0 Å². The van der Waals surface area contributed by atoms with E-state index in [-0.39, 0.29) is 0 Å². The second kappa shape index (κ2) is 10.9. The van der Waals surface area contributed by atoms with Crippen molar-refractivity contribution in [2.45, 2.75) is 58.3 Å². The Bertz CT molecular complexity index is 325. The fraction of sp³-hybridized carbons (Fsp3) is 0.647.